The minimum absolute atomic E-state index is 0.176. The number of esters is 1. The summed E-state index contributed by atoms with van der Waals surface area (Å²) in [4.78, 5) is 24.0. The number of nitrogens with zero attached hydrogens (tertiary/aromatic N) is 1. The van der Waals surface area contributed by atoms with E-state index in [0.29, 0.717) is 11.6 Å². The molecular weight excluding hydrogens is 387 g/mol. The maximum atomic E-state index is 12.9. The number of sulfonamides is 1. The van der Waals surface area contributed by atoms with Crippen molar-refractivity contribution in [1.82, 2.24) is 9.29 Å². The van der Waals surface area contributed by atoms with Gasteiger partial charge in [0.25, 0.3) is 0 Å². The van der Waals surface area contributed by atoms with Crippen LogP contribution in [-0.2, 0) is 19.6 Å². The Balaban J connectivity index is 1.53. The predicted octanol–water partition coefficient (Wildman–Crippen LogP) is 2.28. The smallest absolute Gasteiger partial charge is 0.321 e. The summed E-state index contributed by atoms with van der Waals surface area (Å²) in [5.41, 5.74) is 2.34. The normalized spacial score (nSPS) is 14.1. The van der Waals surface area contributed by atoms with E-state index in [1.54, 1.807) is 6.07 Å². The summed E-state index contributed by atoms with van der Waals surface area (Å²) in [7, 11) is -3.98. The number of carbonyl (C=O) groups excluding carboxylic acids is 2. The van der Waals surface area contributed by atoms with Crippen LogP contribution >= 0.6 is 0 Å². The van der Waals surface area contributed by atoms with E-state index >= 15 is 0 Å². The first-order chi connectivity index (χ1) is 13.2. The van der Waals surface area contributed by atoms with Crippen LogP contribution in [0.3, 0.4) is 0 Å². The zero-order chi connectivity index (χ0) is 20.5. The summed E-state index contributed by atoms with van der Waals surface area (Å²) in [5, 5.41) is 0. The lowest BCUT2D eigenvalue weighted by atomic mass is 10.1. The van der Waals surface area contributed by atoms with Gasteiger partial charge in [-0.05, 0) is 57.0 Å². The Labute approximate surface area is 162 Å². The molecule has 0 bridgehead atoms. The number of Topliss-reactive ketones (excluding diaryl/α,β-unsaturated/α-hetero) is 1. The molecule has 1 aliphatic carbocycles. The number of carbonyl (C=O) groups is 2. The van der Waals surface area contributed by atoms with E-state index in [4.69, 9.17) is 4.74 Å². The quantitative estimate of drug-likeness (QED) is 0.534. The topological polar surface area (TPSA) is 94.5 Å². The van der Waals surface area contributed by atoms with Crippen LogP contribution in [0.2, 0.25) is 0 Å². The minimum Gasteiger partial charge on any atom is -0.456 e. The molecule has 0 radical (unpaired) electrons. The minimum atomic E-state index is -3.98. The monoisotopic (exact) mass is 408 g/mol. The molecule has 0 aliphatic heterocycles. The molecule has 1 aliphatic rings. The van der Waals surface area contributed by atoms with Gasteiger partial charge in [0, 0.05) is 23.0 Å². The number of halogens is 1. The highest BCUT2D eigenvalue weighted by Crippen LogP contribution is 2.38. The van der Waals surface area contributed by atoms with Crippen molar-refractivity contribution in [2.24, 2.45) is 0 Å². The van der Waals surface area contributed by atoms with Gasteiger partial charge in [-0.1, -0.05) is 0 Å². The number of ketones is 1. The second kappa shape index (κ2) is 7.84. The van der Waals surface area contributed by atoms with Crippen molar-refractivity contribution >= 4 is 21.8 Å². The predicted molar refractivity (Wildman–Crippen MR) is 99.1 cm³/mol. The van der Waals surface area contributed by atoms with Crippen molar-refractivity contribution in [2.45, 2.75) is 37.6 Å². The SMILES string of the molecule is Cc1cc(C(=O)COC(=O)CNS(=O)(=O)c2ccc(F)cc2)c(C)n1C1CC1. The first-order valence-electron chi connectivity index (χ1n) is 8.81. The molecule has 2 aromatic rings. The zero-order valence-electron chi connectivity index (χ0n) is 15.6. The number of nitrogens with one attached hydrogen (secondary N) is 1. The van der Waals surface area contributed by atoms with Crippen molar-refractivity contribution in [2.75, 3.05) is 13.2 Å². The number of ether oxygens (including phenoxy) is 1. The van der Waals surface area contributed by atoms with Crippen molar-refractivity contribution in [3.05, 3.63) is 53.1 Å². The number of benzene rings is 1. The third-order valence-corrected chi connectivity index (χ3v) is 6.01. The van der Waals surface area contributed by atoms with Crippen molar-refractivity contribution in [3.63, 3.8) is 0 Å². The Hall–Kier alpha value is -2.52. The van der Waals surface area contributed by atoms with Crippen LogP contribution in [0.4, 0.5) is 4.39 Å². The lowest BCUT2D eigenvalue weighted by Gasteiger charge is -2.08. The van der Waals surface area contributed by atoms with Gasteiger partial charge in [0.05, 0.1) is 4.90 Å². The number of aryl methyl sites for hydroxylation is 1. The van der Waals surface area contributed by atoms with Crippen LogP contribution in [0, 0.1) is 19.7 Å². The molecule has 1 saturated carbocycles. The fraction of sp³-hybridized carbons (Fsp3) is 0.368. The fourth-order valence-corrected chi connectivity index (χ4v) is 4.05. The van der Waals surface area contributed by atoms with Crippen LogP contribution in [0.15, 0.2) is 35.2 Å². The number of hydrogen-bond acceptors (Lipinski definition) is 5. The van der Waals surface area contributed by atoms with Crippen LogP contribution < -0.4 is 4.72 Å². The second-order valence-corrected chi connectivity index (χ2v) is 8.52. The average molecular weight is 408 g/mol. The summed E-state index contributed by atoms with van der Waals surface area (Å²) >= 11 is 0. The lowest BCUT2D eigenvalue weighted by molar-refractivity contribution is -0.141. The Morgan fingerprint density at radius 1 is 1.21 bits per heavy atom. The number of rotatable bonds is 8. The van der Waals surface area contributed by atoms with Crippen molar-refractivity contribution < 1.29 is 27.1 Å². The Kier molecular flexibility index (Phi) is 5.66. The molecule has 0 atom stereocenters. The summed E-state index contributed by atoms with van der Waals surface area (Å²) in [6, 6.07) is 6.39. The van der Waals surface area contributed by atoms with Crippen LogP contribution in [0.25, 0.3) is 0 Å². The first-order valence-corrected chi connectivity index (χ1v) is 10.3. The Morgan fingerprint density at radius 3 is 2.46 bits per heavy atom. The fourth-order valence-electron chi connectivity index (χ4n) is 3.08. The molecule has 28 heavy (non-hydrogen) atoms. The maximum Gasteiger partial charge on any atom is 0.321 e. The van der Waals surface area contributed by atoms with Crippen molar-refractivity contribution in [1.29, 1.82) is 0 Å². The van der Waals surface area contributed by atoms with Crippen molar-refractivity contribution in [3.8, 4) is 0 Å². The number of hydrogen-bond donors (Lipinski definition) is 1. The van der Waals surface area contributed by atoms with Gasteiger partial charge in [0.1, 0.15) is 12.4 Å². The molecule has 7 nitrogen and oxygen atoms in total. The highest BCUT2D eigenvalue weighted by atomic mass is 32.2. The molecule has 150 valence electrons. The molecule has 9 heteroatoms. The third-order valence-electron chi connectivity index (χ3n) is 4.59. The molecule has 1 aromatic carbocycles. The van der Waals surface area contributed by atoms with E-state index in [0.717, 1.165) is 48.5 Å². The van der Waals surface area contributed by atoms with Gasteiger partial charge in [-0.2, -0.15) is 4.72 Å². The molecule has 1 heterocycles. The molecular formula is C19H21FN2O5S. The highest BCUT2D eigenvalue weighted by molar-refractivity contribution is 7.89. The lowest BCUT2D eigenvalue weighted by Crippen LogP contribution is -2.31. The van der Waals surface area contributed by atoms with Gasteiger partial charge < -0.3 is 9.30 Å². The average Bonchev–Trinajstić information content (AvgIpc) is 3.43. The summed E-state index contributed by atoms with van der Waals surface area (Å²) < 4.78 is 46.1. The van der Waals surface area contributed by atoms with Crippen LogP contribution in [0.1, 0.15) is 40.6 Å². The first kappa shape index (κ1) is 20.2. The van der Waals surface area contributed by atoms with Gasteiger partial charge in [-0.25, -0.2) is 12.8 Å². The van der Waals surface area contributed by atoms with E-state index in [9.17, 15) is 22.4 Å². The van der Waals surface area contributed by atoms with E-state index in [1.807, 2.05) is 13.8 Å². The Morgan fingerprint density at radius 2 is 1.86 bits per heavy atom. The Bertz CT molecular complexity index is 1010. The van der Waals surface area contributed by atoms with Gasteiger partial charge in [-0.3, -0.25) is 9.59 Å². The van der Waals surface area contributed by atoms with Gasteiger partial charge >= 0.3 is 5.97 Å². The standard InChI is InChI=1S/C19H21FN2O5S/c1-12-9-17(13(2)22(12)15-5-6-15)18(23)11-27-19(24)10-21-28(25,26)16-7-3-14(20)4-8-16/h3-4,7-9,15,21H,5-6,10-11H2,1-2H3. The molecule has 1 N–H and O–H groups in total. The highest BCUT2D eigenvalue weighted by Gasteiger charge is 2.28. The molecule has 1 fully saturated rings. The summed E-state index contributed by atoms with van der Waals surface area (Å²) in [6.07, 6.45) is 2.18. The summed E-state index contributed by atoms with van der Waals surface area (Å²) in [6.45, 7) is 2.69. The molecule has 0 unspecified atom stereocenters. The van der Waals surface area contributed by atoms with Crippen LogP contribution in [0.5, 0.6) is 0 Å². The number of aromatic nitrogens is 1. The van der Waals surface area contributed by atoms with E-state index in [2.05, 4.69) is 9.29 Å². The van der Waals surface area contributed by atoms with E-state index in [1.165, 1.54) is 0 Å². The molecule has 0 amide bonds. The molecule has 1 aromatic heterocycles. The van der Waals surface area contributed by atoms with E-state index < -0.39 is 35.0 Å². The van der Waals surface area contributed by atoms with Gasteiger partial charge in [-0.15, -0.1) is 0 Å². The zero-order valence-corrected chi connectivity index (χ0v) is 16.4. The second-order valence-electron chi connectivity index (χ2n) is 6.75. The van der Waals surface area contributed by atoms with Gasteiger partial charge in [0.15, 0.2) is 6.61 Å². The summed E-state index contributed by atoms with van der Waals surface area (Å²) in [5.74, 6) is -1.79. The van der Waals surface area contributed by atoms with Gasteiger partial charge in [0.2, 0.25) is 15.8 Å². The van der Waals surface area contributed by atoms with Crippen LogP contribution in [-0.4, -0.2) is 37.9 Å². The molecule has 3 rings (SSSR count). The molecule has 0 spiro atoms. The van der Waals surface area contributed by atoms with E-state index in [-0.39, 0.29) is 10.7 Å². The third kappa shape index (κ3) is 4.48. The molecule has 0 saturated heterocycles. The maximum absolute atomic E-state index is 12.9. The largest absolute Gasteiger partial charge is 0.456 e.